The lowest BCUT2D eigenvalue weighted by atomic mass is 9.84. The van der Waals surface area contributed by atoms with Crippen molar-refractivity contribution in [2.75, 3.05) is 34.2 Å². The van der Waals surface area contributed by atoms with E-state index < -0.39 is 0 Å². The molecule has 0 aromatic heterocycles. The number of hydrogen-bond acceptors (Lipinski definition) is 3. The smallest absolute Gasteiger partial charge is 0.226 e. The van der Waals surface area contributed by atoms with Crippen LogP contribution in [-0.2, 0) is 4.79 Å². The number of nitrogens with two attached hydrogens (primary N) is 1. The number of hydrogen-bond donors (Lipinski definition) is 1. The van der Waals surface area contributed by atoms with Gasteiger partial charge in [-0.1, -0.05) is 12.8 Å². The van der Waals surface area contributed by atoms with Gasteiger partial charge in [-0.05, 0) is 39.9 Å². The molecule has 0 aromatic carbocycles. The lowest BCUT2D eigenvalue weighted by molar-refractivity contribution is -0.135. The molecule has 2 atom stereocenters. The Hall–Kier alpha value is -0.610. The van der Waals surface area contributed by atoms with Crippen LogP contribution in [0, 0.1) is 5.92 Å². The van der Waals surface area contributed by atoms with Crippen LogP contribution in [0.25, 0.3) is 0 Å². The monoisotopic (exact) mass is 241 g/mol. The first kappa shape index (κ1) is 14.5. The second kappa shape index (κ2) is 6.97. The van der Waals surface area contributed by atoms with Crippen LogP contribution in [0.15, 0.2) is 0 Å². The average Bonchev–Trinajstić information content (AvgIpc) is 2.28. The predicted octanol–water partition coefficient (Wildman–Crippen LogP) is 0.914. The molecular weight excluding hydrogens is 214 g/mol. The van der Waals surface area contributed by atoms with Gasteiger partial charge in [-0.2, -0.15) is 0 Å². The fourth-order valence-electron chi connectivity index (χ4n) is 2.48. The molecule has 2 unspecified atom stereocenters. The van der Waals surface area contributed by atoms with Crippen molar-refractivity contribution in [3.8, 4) is 0 Å². The van der Waals surface area contributed by atoms with E-state index in [-0.39, 0.29) is 17.9 Å². The average molecular weight is 241 g/mol. The highest BCUT2D eigenvalue weighted by Gasteiger charge is 2.29. The maximum Gasteiger partial charge on any atom is 0.226 e. The molecule has 0 radical (unpaired) electrons. The summed E-state index contributed by atoms with van der Waals surface area (Å²) in [6, 6.07) is 0.0764. The quantitative estimate of drug-likeness (QED) is 0.778. The third-order valence-electron chi connectivity index (χ3n) is 3.61. The Morgan fingerprint density at radius 1 is 1.18 bits per heavy atom. The summed E-state index contributed by atoms with van der Waals surface area (Å²) in [5.74, 6) is 0.309. The highest BCUT2D eigenvalue weighted by Crippen LogP contribution is 2.24. The molecule has 0 bridgehead atoms. The zero-order valence-electron chi connectivity index (χ0n) is 11.5. The molecule has 0 aliphatic heterocycles. The number of carbonyl (C=O) groups excluding carboxylic acids is 1. The maximum atomic E-state index is 12.2. The van der Waals surface area contributed by atoms with Gasteiger partial charge in [0.2, 0.25) is 5.91 Å². The van der Waals surface area contributed by atoms with Gasteiger partial charge < -0.3 is 15.5 Å². The van der Waals surface area contributed by atoms with Crippen molar-refractivity contribution in [2.45, 2.75) is 38.1 Å². The van der Waals surface area contributed by atoms with Crippen LogP contribution < -0.4 is 5.73 Å². The fourth-order valence-corrected chi connectivity index (χ4v) is 2.48. The number of nitrogens with zero attached hydrogens (tertiary/aromatic N) is 2. The van der Waals surface area contributed by atoms with Crippen LogP contribution in [-0.4, -0.2) is 56.0 Å². The molecule has 100 valence electrons. The van der Waals surface area contributed by atoms with E-state index in [1.165, 1.54) is 6.42 Å². The molecule has 0 spiro atoms. The van der Waals surface area contributed by atoms with Crippen LogP contribution in [0.3, 0.4) is 0 Å². The molecule has 1 aliphatic carbocycles. The van der Waals surface area contributed by atoms with Crippen molar-refractivity contribution in [2.24, 2.45) is 11.7 Å². The maximum absolute atomic E-state index is 12.2. The van der Waals surface area contributed by atoms with Crippen molar-refractivity contribution in [3.05, 3.63) is 0 Å². The first-order valence-corrected chi connectivity index (χ1v) is 6.67. The minimum Gasteiger partial charge on any atom is -0.345 e. The molecule has 1 aliphatic rings. The Bertz CT molecular complexity index is 243. The lowest BCUT2D eigenvalue weighted by Gasteiger charge is -2.31. The summed E-state index contributed by atoms with van der Waals surface area (Å²) in [4.78, 5) is 16.2. The van der Waals surface area contributed by atoms with Gasteiger partial charge in [0.25, 0.3) is 0 Å². The molecule has 4 heteroatoms. The Kier molecular flexibility index (Phi) is 5.92. The minimum atomic E-state index is 0.0631. The fraction of sp³-hybridized carbons (Fsp3) is 0.923. The van der Waals surface area contributed by atoms with E-state index in [1.807, 2.05) is 11.9 Å². The van der Waals surface area contributed by atoms with Crippen molar-refractivity contribution in [3.63, 3.8) is 0 Å². The molecule has 1 rings (SSSR count). The summed E-state index contributed by atoms with van der Waals surface area (Å²) in [5, 5.41) is 0. The second-order valence-electron chi connectivity index (χ2n) is 5.47. The summed E-state index contributed by atoms with van der Waals surface area (Å²) in [6.45, 7) is 1.86. The van der Waals surface area contributed by atoms with E-state index in [1.54, 1.807) is 0 Å². The summed E-state index contributed by atoms with van der Waals surface area (Å²) in [5.41, 5.74) is 6.04. The number of amides is 1. The van der Waals surface area contributed by atoms with Crippen LogP contribution >= 0.6 is 0 Å². The summed E-state index contributed by atoms with van der Waals surface area (Å²) in [6.07, 6.45) is 5.32. The highest BCUT2D eigenvalue weighted by molar-refractivity contribution is 5.79. The highest BCUT2D eigenvalue weighted by atomic mass is 16.2. The van der Waals surface area contributed by atoms with E-state index in [9.17, 15) is 4.79 Å². The third kappa shape index (κ3) is 4.64. The van der Waals surface area contributed by atoms with Gasteiger partial charge in [0.15, 0.2) is 0 Å². The minimum absolute atomic E-state index is 0.0631. The zero-order chi connectivity index (χ0) is 12.8. The molecule has 4 nitrogen and oxygen atoms in total. The molecule has 1 amide bonds. The third-order valence-corrected chi connectivity index (χ3v) is 3.61. The standard InChI is InChI=1S/C13H27N3O/c1-15(2)9-6-10-16(3)13(17)11-7-4-5-8-12(11)14/h11-12H,4-10,14H2,1-3H3. The lowest BCUT2D eigenvalue weighted by Crippen LogP contribution is -2.44. The van der Waals surface area contributed by atoms with Gasteiger partial charge in [-0.3, -0.25) is 4.79 Å². The van der Waals surface area contributed by atoms with Gasteiger partial charge in [0.1, 0.15) is 0 Å². The molecule has 1 fully saturated rings. The molecule has 0 saturated heterocycles. The van der Waals surface area contributed by atoms with Crippen molar-refractivity contribution < 1.29 is 4.79 Å². The Morgan fingerprint density at radius 3 is 2.41 bits per heavy atom. The molecule has 2 N–H and O–H groups in total. The Morgan fingerprint density at radius 2 is 1.82 bits per heavy atom. The molecule has 17 heavy (non-hydrogen) atoms. The Labute approximate surface area is 105 Å². The largest absolute Gasteiger partial charge is 0.345 e. The molecular formula is C13H27N3O. The topological polar surface area (TPSA) is 49.6 Å². The summed E-state index contributed by atoms with van der Waals surface area (Å²) in [7, 11) is 6.01. The molecule has 1 saturated carbocycles. The van der Waals surface area contributed by atoms with Gasteiger partial charge in [0.05, 0.1) is 5.92 Å². The normalized spacial score (nSPS) is 25.0. The van der Waals surface area contributed by atoms with Gasteiger partial charge in [-0.25, -0.2) is 0 Å². The zero-order valence-corrected chi connectivity index (χ0v) is 11.5. The van der Waals surface area contributed by atoms with Gasteiger partial charge in [-0.15, -0.1) is 0 Å². The molecule has 0 aromatic rings. The van der Waals surface area contributed by atoms with E-state index in [0.717, 1.165) is 38.8 Å². The van der Waals surface area contributed by atoms with Crippen molar-refractivity contribution >= 4 is 5.91 Å². The van der Waals surface area contributed by atoms with Crippen LogP contribution in [0.1, 0.15) is 32.1 Å². The van der Waals surface area contributed by atoms with Crippen LogP contribution in [0.2, 0.25) is 0 Å². The summed E-state index contributed by atoms with van der Waals surface area (Å²) >= 11 is 0. The van der Waals surface area contributed by atoms with Gasteiger partial charge in [0, 0.05) is 19.6 Å². The molecule has 0 heterocycles. The first-order chi connectivity index (χ1) is 8.02. The van der Waals surface area contributed by atoms with E-state index in [0.29, 0.717) is 0 Å². The van der Waals surface area contributed by atoms with Crippen LogP contribution in [0.5, 0.6) is 0 Å². The number of rotatable bonds is 5. The second-order valence-corrected chi connectivity index (χ2v) is 5.47. The van der Waals surface area contributed by atoms with Gasteiger partial charge >= 0.3 is 0 Å². The Balaban J connectivity index is 2.34. The van der Waals surface area contributed by atoms with E-state index >= 15 is 0 Å². The van der Waals surface area contributed by atoms with Crippen LogP contribution in [0.4, 0.5) is 0 Å². The summed E-state index contributed by atoms with van der Waals surface area (Å²) < 4.78 is 0. The SMILES string of the molecule is CN(C)CCCN(C)C(=O)C1CCCCC1N. The predicted molar refractivity (Wildman–Crippen MR) is 70.7 cm³/mol. The van der Waals surface area contributed by atoms with E-state index in [2.05, 4.69) is 19.0 Å². The first-order valence-electron chi connectivity index (χ1n) is 6.67. The van der Waals surface area contributed by atoms with Crippen molar-refractivity contribution in [1.29, 1.82) is 0 Å². The number of carbonyl (C=O) groups is 1. The van der Waals surface area contributed by atoms with E-state index in [4.69, 9.17) is 5.73 Å². The van der Waals surface area contributed by atoms with Crippen molar-refractivity contribution in [1.82, 2.24) is 9.80 Å².